The van der Waals surface area contributed by atoms with Crippen LogP contribution in [0, 0.1) is 0 Å². The van der Waals surface area contributed by atoms with Crippen molar-refractivity contribution in [2.24, 2.45) is 0 Å². The third kappa shape index (κ3) is 4.09. The lowest BCUT2D eigenvalue weighted by molar-refractivity contribution is 0.105. The fourth-order valence-corrected chi connectivity index (χ4v) is 2.15. The second kappa shape index (κ2) is 6.75. The van der Waals surface area contributed by atoms with E-state index in [4.69, 9.17) is 5.11 Å². The summed E-state index contributed by atoms with van der Waals surface area (Å²) in [5, 5.41) is 21.1. The molecule has 0 aliphatic carbocycles. The maximum Gasteiger partial charge on any atom is 0.0942 e. The molecule has 0 saturated carbocycles. The number of hydrogen-bond acceptors (Lipinski definition) is 5. The van der Waals surface area contributed by atoms with Gasteiger partial charge in [0.1, 0.15) is 0 Å². The number of likely N-dealkylation sites (N-methyl/N-ethyl adjacent to an activating group) is 1. The van der Waals surface area contributed by atoms with Crippen LogP contribution < -0.4 is 10.2 Å². The third-order valence-electron chi connectivity index (χ3n) is 3.49. The Morgan fingerprint density at radius 2 is 1.79 bits per heavy atom. The van der Waals surface area contributed by atoms with Crippen LogP contribution in [-0.2, 0) is 0 Å². The maximum absolute atomic E-state index is 9.28. The van der Waals surface area contributed by atoms with Crippen molar-refractivity contribution in [2.45, 2.75) is 6.10 Å². The number of nitrogens with one attached hydrogen (secondary N) is 1. The summed E-state index contributed by atoms with van der Waals surface area (Å²) in [7, 11) is 2.15. The maximum atomic E-state index is 9.28. The first-order valence-electron chi connectivity index (χ1n) is 6.75. The number of rotatable bonds is 5. The summed E-state index contributed by atoms with van der Waals surface area (Å²) in [6.45, 7) is 4.47. The Morgan fingerprint density at radius 3 is 2.37 bits per heavy atom. The second-order valence-electron chi connectivity index (χ2n) is 5.05. The van der Waals surface area contributed by atoms with Gasteiger partial charge in [-0.1, -0.05) is 0 Å². The van der Waals surface area contributed by atoms with Crippen molar-refractivity contribution >= 4 is 11.4 Å². The smallest absolute Gasteiger partial charge is 0.0942 e. The molecule has 1 aliphatic rings. The number of hydrogen-bond donors (Lipinski definition) is 3. The monoisotopic (exact) mass is 265 g/mol. The Labute approximate surface area is 114 Å². The Bertz CT molecular complexity index is 375. The van der Waals surface area contributed by atoms with Crippen LogP contribution in [0.15, 0.2) is 24.3 Å². The van der Waals surface area contributed by atoms with Crippen molar-refractivity contribution in [2.75, 3.05) is 56.6 Å². The third-order valence-corrected chi connectivity index (χ3v) is 3.49. The zero-order valence-electron chi connectivity index (χ0n) is 11.4. The predicted octanol–water partition coefficient (Wildman–Crippen LogP) is 0.203. The summed E-state index contributed by atoms with van der Waals surface area (Å²) in [4.78, 5) is 4.72. The number of nitrogens with zero attached hydrogens (tertiary/aromatic N) is 2. The largest absolute Gasteiger partial charge is 0.394 e. The van der Waals surface area contributed by atoms with Gasteiger partial charge >= 0.3 is 0 Å². The van der Waals surface area contributed by atoms with Crippen LogP contribution in [0.5, 0.6) is 0 Å². The van der Waals surface area contributed by atoms with Crippen molar-refractivity contribution in [3.63, 3.8) is 0 Å². The van der Waals surface area contributed by atoms with E-state index in [0.717, 1.165) is 31.9 Å². The molecule has 1 unspecified atom stereocenters. The average molecular weight is 265 g/mol. The van der Waals surface area contributed by atoms with E-state index in [0.29, 0.717) is 6.54 Å². The number of piperazine rings is 1. The quantitative estimate of drug-likeness (QED) is 0.710. The molecule has 19 heavy (non-hydrogen) atoms. The lowest BCUT2D eigenvalue weighted by atomic mass is 10.2. The number of aliphatic hydroxyl groups is 2. The van der Waals surface area contributed by atoms with Crippen molar-refractivity contribution in [1.82, 2.24) is 4.90 Å². The van der Waals surface area contributed by atoms with Crippen LogP contribution in [-0.4, -0.2) is 67.6 Å². The van der Waals surface area contributed by atoms with E-state index >= 15 is 0 Å². The van der Waals surface area contributed by atoms with Gasteiger partial charge < -0.3 is 25.3 Å². The topological polar surface area (TPSA) is 59.0 Å². The normalized spacial score (nSPS) is 18.4. The zero-order valence-corrected chi connectivity index (χ0v) is 11.4. The van der Waals surface area contributed by atoms with Crippen molar-refractivity contribution < 1.29 is 10.2 Å². The number of anilines is 2. The molecule has 0 amide bonds. The van der Waals surface area contributed by atoms with Gasteiger partial charge in [-0.05, 0) is 31.3 Å². The molecule has 5 heteroatoms. The second-order valence-corrected chi connectivity index (χ2v) is 5.05. The molecule has 2 rings (SSSR count). The molecule has 1 atom stereocenters. The van der Waals surface area contributed by atoms with E-state index in [1.165, 1.54) is 5.69 Å². The highest BCUT2D eigenvalue weighted by atomic mass is 16.3. The van der Waals surface area contributed by atoms with E-state index in [9.17, 15) is 5.11 Å². The van der Waals surface area contributed by atoms with Gasteiger partial charge in [-0.3, -0.25) is 0 Å². The predicted molar refractivity (Wildman–Crippen MR) is 77.7 cm³/mol. The van der Waals surface area contributed by atoms with Crippen LogP contribution >= 0.6 is 0 Å². The highest BCUT2D eigenvalue weighted by molar-refractivity contribution is 5.55. The fraction of sp³-hybridized carbons (Fsp3) is 0.571. The Morgan fingerprint density at radius 1 is 1.16 bits per heavy atom. The molecule has 1 saturated heterocycles. The Hall–Kier alpha value is -1.30. The fourth-order valence-electron chi connectivity index (χ4n) is 2.15. The van der Waals surface area contributed by atoms with E-state index in [-0.39, 0.29) is 6.61 Å². The molecule has 5 nitrogen and oxygen atoms in total. The van der Waals surface area contributed by atoms with Crippen LogP contribution in [0.2, 0.25) is 0 Å². The molecule has 0 radical (unpaired) electrons. The molecule has 1 aliphatic heterocycles. The van der Waals surface area contributed by atoms with E-state index in [2.05, 4.69) is 34.3 Å². The molecule has 1 fully saturated rings. The molecule has 1 aromatic rings. The molecular formula is C14H23N3O2. The SMILES string of the molecule is CN1CCN(c2ccc(NCC(O)CO)cc2)CC1. The van der Waals surface area contributed by atoms with Gasteiger partial charge in [-0.25, -0.2) is 0 Å². The average Bonchev–Trinajstić information content (AvgIpc) is 2.46. The number of benzene rings is 1. The Kier molecular flexibility index (Phi) is 5.01. The van der Waals surface area contributed by atoms with Crippen molar-refractivity contribution in [3.8, 4) is 0 Å². The van der Waals surface area contributed by atoms with Gasteiger partial charge in [0, 0.05) is 44.1 Å². The van der Waals surface area contributed by atoms with Crippen LogP contribution in [0.25, 0.3) is 0 Å². The summed E-state index contributed by atoms with van der Waals surface area (Å²) in [5.41, 5.74) is 2.20. The minimum atomic E-state index is -0.711. The number of aliphatic hydroxyl groups excluding tert-OH is 2. The van der Waals surface area contributed by atoms with Gasteiger partial charge in [-0.15, -0.1) is 0 Å². The molecule has 0 aromatic heterocycles. The summed E-state index contributed by atoms with van der Waals surface area (Å²) in [6, 6.07) is 8.22. The van der Waals surface area contributed by atoms with Crippen LogP contribution in [0.1, 0.15) is 0 Å². The minimum absolute atomic E-state index is 0.216. The highest BCUT2D eigenvalue weighted by Gasteiger charge is 2.13. The molecule has 106 valence electrons. The van der Waals surface area contributed by atoms with E-state index < -0.39 is 6.10 Å². The zero-order chi connectivity index (χ0) is 13.7. The van der Waals surface area contributed by atoms with Gasteiger partial charge in [0.15, 0.2) is 0 Å². The molecule has 0 spiro atoms. The first-order chi connectivity index (χ1) is 9.19. The summed E-state index contributed by atoms with van der Waals surface area (Å²) < 4.78 is 0. The van der Waals surface area contributed by atoms with Gasteiger partial charge in [0.05, 0.1) is 12.7 Å². The van der Waals surface area contributed by atoms with Crippen molar-refractivity contribution in [1.29, 1.82) is 0 Å². The summed E-state index contributed by atoms with van der Waals surface area (Å²) >= 11 is 0. The standard InChI is InChI=1S/C14H23N3O2/c1-16-6-8-17(9-7-16)13-4-2-12(3-5-13)15-10-14(19)11-18/h2-5,14-15,18-19H,6-11H2,1H3. The van der Waals surface area contributed by atoms with Gasteiger partial charge in [-0.2, -0.15) is 0 Å². The lowest BCUT2D eigenvalue weighted by Crippen LogP contribution is -2.44. The molecule has 1 aromatic carbocycles. The minimum Gasteiger partial charge on any atom is -0.394 e. The first kappa shape index (κ1) is 14.1. The molecular weight excluding hydrogens is 242 g/mol. The van der Waals surface area contributed by atoms with Gasteiger partial charge in [0.2, 0.25) is 0 Å². The van der Waals surface area contributed by atoms with Crippen molar-refractivity contribution in [3.05, 3.63) is 24.3 Å². The summed E-state index contributed by atoms with van der Waals surface area (Å²) in [5.74, 6) is 0. The molecule has 1 heterocycles. The first-order valence-corrected chi connectivity index (χ1v) is 6.75. The molecule has 0 bridgehead atoms. The van der Waals surface area contributed by atoms with E-state index in [1.54, 1.807) is 0 Å². The Balaban J connectivity index is 1.87. The molecule has 3 N–H and O–H groups in total. The summed E-state index contributed by atoms with van der Waals surface area (Å²) in [6.07, 6.45) is -0.711. The van der Waals surface area contributed by atoms with Gasteiger partial charge in [0.25, 0.3) is 0 Å². The highest BCUT2D eigenvalue weighted by Crippen LogP contribution is 2.19. The van der Waals surface area contributed by atoms with Crippen LogP contribution in [0.4, 0.5) is 11.4 Å². The van der Waals surface area contributed by atoms with E-state index in [1.807, 2.05) is 12.1 Å². The lowest BCUT2D eigenvalue weighted by Gasteiger charge is -2.34. The van der Waals surface area contributed by atoms with Crippen LogP contribution in [0.3, 0.4) is 0 Å².